The fraction of sp³-hybridized carbons (Fsp3) is 1.00. The van der Waals surface area contributed by atoms with Gasteiger partial charge in [-0.25, -0.2) is 0 Å². The quantitative estimate of drug-likeness (QED) is 0.732. The molecule has 1 unspecified atom stereocenters. The molecule has 0 aromatic carbocycles. The van der Waals surface area contributed by atoms with Crippen LogP contribution in [0.5, 0.6) is 0 Å². The van der Waals surface area contributed by atoms with Gasteiger partial charge in [0, 0.05) is 0 Å². The van der Waals surface area contributed by atoms with E-state index in [4.69, 9.17) is 0 Å². The zero-order valence-electron chi connectivity index (χ0n) is 8.72. The Morgan fingerprint density at radius 2 is 1.91 bits per heavy atom. The fourth-order valence-corrected chi connectivity index (χ4v) is 5.71. The monoisotopic (exact) mass is 259 g/mol. The molecule has 0 bridgehead atoms. The van der Waals surface area contributed by atoms with Gasteiger partial charge in [-0.15, -0.1) is 0 Å². The van der Waals surface area contributed by atoms with Crippen LogP contribution in [0.25, 0.3) is 0 Å². The van der Waals surface area contributed by atoms with Crippen molar-refractivity contribution >= 4 is 21.4 Å². The second kappa shape index (κ2) is 6.36. The summed E-state index contributed by atoms with van der Waals surface area (Å²) in [5.74, 6) is 0. The molecule has 1 nitrogen and oxygen atoms in total. The zero-order valence-corrected chi connectivity index (χ0v) is 12.0. The normalized spacial score (nSPS) is 13.6. The van der Waals surface area contributed by atoms with E-state index in [1.807, 2.05) is 0 Å². The Morgan fingerprint density at radius 1 is 1.36 bits per heavy atom. The van der Waals surface area contributed by atoms with Gasteiger partial charge in [0.15, 0.2) is 0 Å². The summed E-state index contributed by atoms with van der Waals surface area (Å²) in [4.78, 5) is 2.55. The van der Waals surface area contributed by atoms with E-state index < -0.39 is 21.4 Å². The minimum absolute atomic E-state index is 0.805. The molecule has 0 saturated heterocycles. The number of rotatable bonds is 5. The second-order valence-electron chi connectivity index (χ2n) is 3.97. The summed E-state index contributed by atoms with van der Waals surface area (Å²) in [7, 11) is 2.28. The standard InChI is InChI=1S/C7H16N.2CH3.In/c1-5-6-7(2)8(3)4;;;/h7H,3,5-6H2,1-2,4H3;2*1H3;. The van der Waals surface area contributed by atoms with Crippen LogP contribution >= 0.6 is 0 Å². The molecule has 0 aliphatic heterocycles. The number of hydrogen-bond acceptors (Lipinski definition) is 1. The molecule has 11 heavy (non-hydrogen) atoms. The third kappa shape index (κ3) is 6.03. The van der Waals surface area contributed by atoms with Crippen LogP contribution in [0.3, 0.4) is 0 Å². The zero-order chi connectivity index (χ0) is 8.85. The van der Waals surface area contributed by atoms with Crippen molar-refractivity contribution in [1.29, 1.82) is 0 Å². The molecule has 0 N–H and O–H groups in total. The number of nitrogens with zero attached hydrogens (tertiary/aromatic N) is 1. The van der Waals surface area contributed by atoms with Crippen molar-refractivity contribution in [2.75, 3.05) is 11.3 Å². The van der Waals surface area contributed by atoms with Crippen molar-refractivity contribution in [2.24, 2.45) is 0 Å². The molecule has 0 amide bonds. The predicted molar refractivity (Wildman–Crippen MR) is 54.5 cm³/mol. The Morgan fingerprint density at radius 3 is 2.27 bits per heavy atom. The molecule has 0 heterocycles. The molecule has 0 aromatic rings. The molecule has 0 rings (SSSR count). The van der Waals surface area contributed by atoms with Gasteiger partial charge in [-0.3, -0.25) is 0 Å². The van der Waals surface area contributed by atoms with Gasteiger partial charge in [0.2, 0.25) is 0 Å². The van der Waals surface area contributed by atoms with Gasteiger partial charge in [0.25, 0.3) is 0 Å². The van der Waals surface area contributed by atoms with E-state index in [1.165, 1.54) is 17.1 Å². The van der Waals surface area contributed by atoms with Gasteiger partial charge in [-0.1, -0.05) is 0 Å². The molecule has 0 radical (unpaired) electrons. The molecule has 2 heteroatoms. The SMILES string of the molecule is CCCC(C)N(C)[CH2][In]([CH3])[CH3]. The Kier molecular flexibility index (Phi) is 6.84. The number of hydrogen-bond donors (Lipinski definition) is 0. The van der Waals surface area contributed by atoms with Gasteiger partial charge in [0.1, 0.15) is 0 Å². The average molecular weight is 259 g/mol. The average Bonchev–Trinajstić information content (AvgIpc) is 1.86. The first-order chi connectivity index (χ1) is 5.07. The Bertz CT molecular complexity index is 93.6. The Balaban J connectivity index is 3.54. The maximum atomic E-state index is 2.55. The molecule has 0 saturated carbocycles. The maximum absolute atomic E-state index is 2.55. The van der Waals surface area contributed by atoms with Crippen LogP contribution < -0.4 is 0 Å². The molecule has 0 aliphatic carbocycles. The van der Waals surface area contributed by atoms with Crippen LogP contribution in [-0.2, 0) is 0 Å². The molecular weight excluding hydrogens is 237 g/mol. The summed E-state index contributed by atoms with van der Waals surface area (Å²) < 4.78 is 6.40. The van der Waals surface area contributed by atoms with Gasteiger partial charge < -0.3 is 0 Å². The van der Waals surface area contributed by atoms with E-state index in [1.54, 1.807) is 0 Å². The molecule has 0 aromatic heterocycles. The van der Waals surface area contributed by atoms with Crippen LogP contribution in [0.15, 0.2) is 0 Å². The Labute approximate surface area is 79.7 Å². The van der Waals surface area contributed by atoms with Crippen molar-refractivity contribution in [3.05, 3.63) is 0 Å². The van der Waals surface area contributed by atoms with Crippen LogP contribution in [0.1, 0.15) is 26.7 Å². The molecule has 1 atom stereocenters. The summed E-state index contributed by atoms with van der Waals surface area (Å²) in [6, 6.07) is 0.805. The van der Waals surface area contributed by atoms with E-state index in [0.29, 0.717) is 0 Å². The van der Waals surface area contributed by atoms with Crippen molar-refractivity contribution in [1.82, 2.24) is 4.90 Å². The van der Waals surface area contributed by atoms with Gasteiger partial charge in [0.05, 0.1) is 0 Å². The van der Waals surface area contributed by atoms with E-state index in [0.717, 1.165) is 6.04 Å². The summed E-state index contributed by atoms with van der Waals surface area (Å²) in [5, 5.41) is 0. The first-order valence-electron chi connectivity index (χ1n) is 4.78. The van der Waals surface area contributed by atoms with Crippen molar-refractivity contribution < 1.29 is 0 Å². The van der Waals surface area contributed by atoms with Gasteiger partial charge in [-0.05, 0) is 0 Å². The summed E-state index contributed by atoms with van der Waals surface area (Å²) in [6.45, 7) is 4.61. The van der Waals surface area contributed by atoms with Crippen molar-refractivity contribution in [3.63, 3.8) is 0 Å². The molecule has 0 spiro atoms. The summed E-state index contributed by atoms with van der Waals surface area (Å²) in [5.41, 5.74) is 0. The van der Waals surface area contributed by atoms with Gasteiger partial charge in [-0.2, -0.15) is 0 Å². The molecular formula is C9H22InN. The van der Waals surface area contributed by atoms with E-state index in [9.17, 15) is 0 Å². The topological polar surface area (TPSA) is 3.24 Å². The first-order valence-corrected chi connectivity index (χ1v) is 13.7. The van der Waals surface area contributed by atoms with E-state index in [-0.39, 0.29) is 0 Å². The predicted octanol–water partition coefficient (Wildman–Crippen LogP) is 2.40. The fourth-order valence-electron chi connectivity index (χ4n) is 1.39. The van der Waals surface area contributed by atoms with Crippen LogP contribution in [0.2, 0.25) is 9.36 Å². The van der Waals surface area contributed by atoms with E-state index >= 15 is 0 Å². The summed E-state index contributed by atoms with van der Waals surface area (Å²) in [6.07, 6.45) is 2.67. The van der Waals surface area contributed by atoms with Crippen molar-refractivity contribution in [3.8, 4) is 0 Å². The molecule has 66 valence electrons. The van der Waals surface area contributed by atoms with Crippen LogP contribution in [-0.4, -0.2) is 43.7 Å². The first kappa shape index (κ1) is 11.8. The molecule has 0 fully saturated rings. The summed E-state index contributed by atoms with van der Waals surface area (Å²) >= 11 is -0.985. The second-order valence-corrected chi connectivity index (χ2v) is 13.0. The van der Waals surface area contributed by atoms with Gasteiger partial charge >= 0.3 is 79.8 Å². The van der Waals surface area contributed by atoms with Crippen molar-refractivity contribution in [2.45, 2.75) is 42.1 Å². The Hall–Kier alpha value is 0.830. The van der Waals surface area contributed by atoms with Crippen LogP contribution in [0.4, 0.5) is 0 Å². The van der Waals surface area contributed by atoms with Crippen LogP contribution in [0, 0.1) is 0 Å². The third-order valence-corrected chi connectivity index (χ3v) is 5.84. The van der Waals surface area contributed by atoms with E-state index in [2.05, 4.69) is 35.2 Å². The molecule has 0 aliphatic rings. The minimum atomic E-state index is -0.985. The third-order valence-electron chi connectivity index (χ3n) is 2.11.